The molecular formula is C15H17F2NO4. The van der Waals surface area contributed by atoms with E-state index in [1.165, 1.54) is 0 Å². The summed E-state index contributed by atoms with van der Waals surface area (Å²) in [6.45, 7) is 1.66. The molecule has 0 bridgehead atoms. The molecule has 0 aliphatic heterocycles. The summed E-state index contributed by atoms with van der Waals surface area (Å²) in [5, 5.41) is 8.73. The third-order valence-corrected chi connectivity index (χ3v) is 2.98. The SMILES string of the molecule is CCCN(CC(=O)O)C(=O)CCC(=O)c1ccc(F)c(F)c1. The Balaban J connectivity index is 2.62. The van der Waals surface area contributed by atoms with E-state index in [1.54, 1.807) is 6.92 Å². The number of amides is 1. The van der Waals surface area contributed by atoms with Gasteiger partial charge in [-0.2, -0.15) is 0 Å². The Morgan fingerprint density at radius 2 is 1.82 bits per heavy atom. The van der Waals surface area contributed by atoms with Crippen LogP contribution in [0, 0.1) is 11.6 Å². The Morgan fingerprint density at radius 3 is 2.36 bits per heavy atom. The molecule has 1 aromatic rings. The van der Waals surface area contributed by atoms with E-state index in [1.807, 2.05) is 0 Å². The lowest BCUT2D eigenvalue weighted by Crippen LogP contribution is -2.36. The maximum absolute atomic E-state index is 13.0. The van der Waals surface area contributed by atoms with E-state index in [9.17, 15) is 23.2 Å². The number of carboxylic acids is 1. The summed E-state index contributed by atoms with van der Waals surface area (Å²) in [5.74, 6) is -4.27. The second kappa shape index (κ2) is 8.21. The number of Topliss-reactive ketones (excluding diaryl/α,β-unsaturated/α-hetero) is 1. The van der Waals surface area contributed by atoms with Crippen LogP contribution < -0.4 is 0 Å². The average molecular weight is 313 g/mol. The molecule has 0 aliphatic rings. The first kappa shape index (κ1) is 17.7. The fourth-order valence-electron chi connectivity index (χ4n) is 1.92. The number of nitrogens with zero attached hydrogens (tertiary/aromatic N) is 1. The minimum atomic E-state index is -1.13. The number of aliphatic carboxylic acids is 1. The Labute approximate surface area is 126 Å². The summed E-state index contributed by atoms with van der Waals surface area (Å²) in [6.07, 6.45) is 0.227. The van der Waals surface area contributed by atoms with Crippen molar-refractivity contribution in [2.24, 2.45) is 0 Å². The second-order valence-electron chi connectivity index (χ2n) is 4.76. The van der Waals surface area contributed by atoms with Crippen molar-refractivity contribution in [2.45, 2.75) is 26.2 Å². The van der Waals surface area contributed by atoms with Crippen molar-refractivity contribution >= 4 is 17.7 Å². The van der Waals surface area contributed by atoms with Gasteiger partial charge in [0, 0.05) is 24.9 Å². The van der Waals surface area contributed by atoms with Crippen LogP contribution in [0.3, 0.4) is 0 Å². The van der Waals surface area contributed by atoms with Gasteiger partial charge in [0.25, 0.3) is 0 Å². The first-order chi connectivity index (χ1) is 10.3. The number of ketones is 1. The van der Waals surface area contributed by atoms with Gasteiger partial charge >= 0.3 is 5.97 Å². The lowest BCUT2D eigenvalue weighted by molar-refractivity contribution is -0.144. The van der Waals surface area contributed by atoms with Crippen LogP contribution in [0.1, 0.15) is 36.5 Å². The molecule has 5 nitrogen and oxygen atoms in total. The molecule has 0 radical (unpaired) electrons. The highest BCUT2D eigenvalue weighted by molar-refractivity contribution is 5.98. The zero-order valence-corrected chi connectivity index (χ0v) is 12.1. The van der Waals surface area contributed by atoms with Crippen molar-refractivity contribution in [1.29, 1.82) is 0 Å². The van der Waals surface area contributed by atoms with Gasteiger partial charge in [-0.3, -0.25) is 14.4 Å². The summed E-state index contributed by atoms with van der Waals surface area (Å²) in [6, 6.07) is 2.77. The minimum Gasteiger partial charge on any atom is -0.480 e. The first-order valence-corrected chi connectivity index (χ1v) is 6.83. The predicted octanol–water partition coefficient (Wildman–Crippen LogP) is 2.25. The Kier molecular flexibility index (Phi) is 6.62. The average Bonchev–Trinajstić information content (AvgIpc) is 2.46. The van der Waals surface area contributed by atoms with E-state index in [0.29, 0.717) is 6.42 Å². The molecule has 1 amide bonds. The highest BCUT2D eigenvalue weighted by atomic mass is 19.2. The number of rotatable bonds is 8. The van der Waals surface area contributed by atoms with Gasteiger partial charge in [-0.05, 0) is 24.6 Å². The minimum absolute atomic E-state index is 0.0213. The number of benzene rings is 1. The maximum atomic E-state index is 13.0. The third-order valence-electron chi connectivity index (χ3n) is 2.98. The van der Waals surface area contributed by atoms with Gasteiger partial charge in [0.1, 0.15) is 6.54 Å². The zero-order valence-electron chi connectivity index (χ0n) is 12.1. The Morgan fingerprint density at radius 1 is 1.14 bits per heavy atom. The fourth-order valence-corrected chi connectivity index (χ4v) is 1.92. The quantitative estimate of drug-likeness (QED) is 0.747. The van der Waals surface area contributed by atoms with Crippen LogP contribution in [-0.2, 0) is 9.59 Å². The van der Waals surface area contributed by atoms with Gasteiger partial charge in [-0.1, -0.05) is 6.92 Å². The summed E-state index contributed by atoms with van der Waals surface area (Å²) in [4.78, 5) is 35.6. The van der Waals surface area contributed by atoms with Gasteiger partial charge in [-0.25, -0.2) is 8.78 Å². The number of hydrogen-bond acceptors (Lipinski definition) is 3. The van der Waals surface area contributed by atoms with Crippen LogP contribution in [0.25, 0.3) is 0 Å². The van der Waals surface area contributed by atoms with Gasteiger partial charge < -0.3 is 10.0 Å². The van der Waals surface area contributed by atoms with E-state index in [0.717, 1.165) is 23.1 Å². The summed E-state index contributed by atoms with van der Waals surface area (Å²) in [7, 11) is 0. The van der Waals surface area contributed by atoms with Crippen molar-refractivity contribution in [3.05, 3.63) is 35.4 Å². The van der Waals surface area contributed by atoms with E-state index in [-0.39, 0.29) is 24.9 Å². The molecular weight excluding hydrogens is 296 g/mol. The highest BCUT2D eigenvalue weighted by Crippen LogP contribution is 2.12. The molecule has 120 valence electrons. The van der Waals surface area contributed by atoms with Crippen LogP contribution in [-0.4, -0.2) is 40.8 Å². The van der Waals surface area contributed by atoms with Gasteiger partial charge in [0.2, 0.25) is 5.91 Å². The van der Waals surface area contributed by atoms with Crippen molar-refractivity contribution in [2.75, 3.05) is 13.1 Å². The van der Waals surface area contributed by atoms with E-state index in [2.05, 4.69) is 0 Å². The van der Waals surface area contributed by atoms with Crippen molar-refractivity contribution in [3.8, 4) is 0 Å². The number of carbonyl (C=O) groups excluding carboxylic acids is 2. The molecule has 0 unspecified atom stereocenters. The zero-order chi connectivity index (χ0) is 16.7. The smallest absolute Gasteiger partial charge is 0.323 e. The molecule has 1 N–H and O–H groups in total. The summed E-state index contributed by atoms with van der Waals surface area (Å²) < 4.78 is 25.8. The molecule has 0 heterocycles. The molecule has 0 aromatic heterocycles. The van der Waals surface area contributed by atoms with Crippen LogP contribution >= 0.6 is 0 Å². The van der Waals surface area contributed by atoms with Gasteiger partial charge in [-0.15, -0.1) is 0 Å². The standard InChI is InChI=1S/C15H17F2NO4/c1-2-7-18(9-15(21)22)14(20)6-5-13(19)10-3-4-11(16)12(17)8-10/h3-4,8H,2,5-7,9H2,1H3,(H,21,22). The Bertz CT molecular complexity index is 575. The second-order valence-corrected chi connectivity index (χ2v) is 4.76. The third kappa shape index (κ3) is 5.23. The topological polar surface area (TPSA) is 74.7 Å². The molecule has 7 heteroatoms. The molecule has 0 aliphatic carbocycles. The van der Waals surface area contributed by atoms with E-state index in [4.69, 9.17) is 5.11 Å². The fraction of sp³-hybridized carbons (Fsp3) is 0.400. The molecule has 0 fully saturated rings. The number of hydrogen-bond donors (Lipinski definition) is 1. The number of carboxylic acid groups (broad SMARTS) is 1. The lowest BCUT2D eigenvalue weighted by atomic mass is 10.1. The van der Waals surface area contributed by atoms with Crippen LogP contribution in [0.5, 0.6) is 0 Å². The van der Waals surface area contributed by atoms with Crippen molar-refractivity contribution in [3.63, 3.8) is 0 Å². The van der Waals surface area contributed by atoms with E-state index >= 15 is 0 Å². The lowest BCUT2D eigenvalue weighted by Gasteiger charge is -2.19. The first-order valence-electron chi connectivity index (χ1n) is 6.83. The van der Waals surface area contributed by atoms with Gasteiger partial charge in [0.05, 0.1) is 0 Å². The monoisotopic (exact) mass is 313 g/mol. The molecule has 0 saturated heterocycles. The largest absolute Gasteiger partial charge is 0.480 e. The molecule has 1 aromatic carbocycles. The summed E-state index contributed by atoms with van der Waals surface area (Å²) >= 11 is 0. The number of carbonyl (C=O) groups is 3. The van der Waals surface area contributed by atoms with Crippen LogP contribution in [0.2, 0.25) is 0 Å². The van der Waals surface area contributed by atoms with Crippen molar-refractivity contribution in [1.82, 2.24) is 4.90 Å². The highest BCUT2D eigenvalue weighted by Gasteiger charge is 2.18. The Hall–Kier alpha value is -2.31. The van der Waals surface area contributed by atoms with Gasteiger partial charge in [0.15, 0.2) is 17.4 Å². The predicted molar refractivity (Wildman–Crippen MR) is 74.4 cm³/mol. The molecule has 0 spiro atoms. The summed E-state index contributed by atoms with van der Waals surface area (Å²) in [5.41, 5.74) is -0.0213. The molecule has 1 rings (SSSR count). The normalized spacial score (nSPS) is 10.3. The van der Waals surface area contributed by atoms with Crippen LogP contribution in [0.4, 0.5) is 8.78 Å². The maximum Gasteiger partial charge on any atom is 0.323 e. The van der Waals surface area contributed by atoms with Crippen molar-refractivity contribution < 1.29 is 28.3 Å². The molecule has 0 atom stereocenters. The van der Waals surface area contributed by atoms with E-state index < -0.39 is 35.8 Å². The molecule has 22 heavy (non-hydrogen) atoms. The molecule has 0 saturated carbocycles. The van der Waals surface area contributed by atoms with Crippen LogP contribution in [0.15, 0.2) is 18.2 Å². The number of halogens is 2.